The van der Waals surface area contributed by atoms with Crippen LogP contribution in [-0.4, -0.2) is 23.0 Å². The van der Waals surface area contributed by atoms with Crippen LogP contribution in [0.5, 0.6) is 5.75 Å². The second-order valence-corrected chi connectivity index (χ2v) is 8.55. The molecule has 0 radical (unpaired) electrons. The van der Waals surface area contributed by atoms with E-state index in [1.54, 1.807) is 24.3 Å². The van der Waals surface area contributed by atoms with Crippen LogP contribution in [0.25, 0.3) is 10.8 Å². The van der Waals surface area contributed by atoms with Gasteiger partial charge in [-0.15, -0.1) is 0 Å². The standard InChI is InChI=1S/C25H22F3NO4/c1-24(12-13-24)21(23(31)32)29-22(30)19-11-8-16-4-2-3-5-18(16)20(19)33-14-15-6-9-17(10-7-15)25(26,27)28/h2-11,21H,12-14H2,1H3,(H,29,30)(H,31,32). The maximum absolute atomic E-state index is 13.1. The quantitative estimate of drug-likeness (QED) is 0.497. The van der Waals surface area contributed by atoms with Crippen LogP contribution >= 0.6 is 0 Å². The van der Waals surface area contributed by atoms with Gasteiger partial charge in [-0.25, -0.2) is 4.79 Å². The molecule has 33 heavy (non-hydrogen) atoms. The number of ether oxygens (including phenoxy) is 1. The van der Waals surface area contributed by atoms with Gasteiger partial charge in [0.15, 0.2) is 0 Å². The molecule has 0 aliphatic heterocycles. The Bertz CT molecular complexity index is 1200. The Morgan fingerprint density at radius 2 is 1.73 bits per heavy atom. The maximum atomic E-state index is 13.1. The summed E-state index contributed by atoms with van der Waals surface area (Å²) in [7, 11) is 0. The lowest BCUT2D eigenvalue weighted by Crippen LogP contribution is -2.46. The van der Waals surface area contributed by atoms with Gasteiger partial charge in [-0.3, -0.25) is 4.79 Å². The number of rotatable bonds is 7. The van der Waals surface area contributed by atoms with Gasteiger partial charge in [0.1, 0.15) is 18.4 Å². The van der Waals surface area contributed by atoms with Crippen molar-refractivity contribution in [2.24, 2.45) is 5.41 Å². The molecule has 4 rings (SSSR count). The van der Waals surface area contributed by atoms with Crippen LogP contribution in [-0.2, 0) is 17.6 Å². The molecule has 1 fully saturated rings. The van der Waals surface area contributed by atoms with Crippen LogP contribution in [0, 0.1) is 5.41 Å². The minimum Gasteiger partial charge on any atom is -0.487 e. The molecule has 1 amide bonds. The number of benzene rings is 3. The van der Waals surface area contributed by atoms with Crippen molar-refractivity contribution in [1.29, 1.82) is 0 Å². The highest BCUT2D eigenvalue weighted by atomic mass is 19.4. The van der Waals surface area contributed by atoms with Crippen molar-refractivity contribution in [3.63, 3.8) is 0 Å². The second-order valence-electron chi connectivity index (χ2n) is 8.55. The Labute approximate surface area is 188 Å². The third-order valence-corrected chi connectivity index (χ3v) is 6.05. The SMILES string of the molecule is CC1(C(NC(=O)c2ccc3ccccc3c2OCc2ccc(C(F)(F)F)cc2)C(=O)O)CC1. The van der Waals surface area contributed by atoms with E-state index in [0.29, 0.717) is 23.8 Å². The molecule has 0 aromatic heterocycles. The molecule has 8 heteroatoms. The fourth-order valence-corrected chi connectivity index (χ4v) is 3.75. The van der Waals surface area contributed by atoms with Gasteiger partial charge in [0.2, 0.25) is 0 Å². The largest absolute Gasteiger partial charge is 0.487 e. The molecule has 1 aliphatic carbocycles. The van der Waals surface area contributed by atoms with Crippen LogP contribution in [0.2, 0.25) is 0 Å². The van der Waals surface area contributed by atoms with E-state index in [9.17, 15) is 27.9 Å². The van der Waals surface area contributed by atoms with Crippen LogP contribution in [0.1, 0.15) is 41.3 Å². The number of hydrogen-bond acceptors (Lipinski definition) is 3. The smallest absolute Gasteiger partial charge is 0.416 e. The molecule has 1 atom stereocenters. The number of amides is 1. The van der Waals surface area contributed by atoms with Gasteiger partial charge in [0, 0.05) is 5.39 Å². The molecule has 0 bridgehead atoms. The highest BCUT2D eigenvalue weighted by Gasteiger charge is 2.49. The fraction of sp³-hybridized carbons (Fsp3) is 0.280. The van der Waals surface area contributed by atoms with Crippen LogP contribution in [0.4, 0.5) is 13.2 Å². The molecule has 1 aliphatic rings. The Hall–Kier alpha value is -3.55. The average Bonchev–Trinajstić information content (AvgIpc) is 3.53. The summed E-state index contributed by atoms with van der Waals surface area (Å²) in [6, 6.07) is 14.1. The fourth-order valence-electron chi connectivity index (χ4n) is 3.75. The number of nitrogens with one attached hydrogen (secondary N) is 1. The first-order valence-electron chi connectivity index (χ1n) is 10.4. The van der Waals surface area contributed by atoms with Gasteiger partial charge in [0.05, 0.1) is 11.1 Å². The normalized spacial score (nSPS) is 15.6. The summed E-state index contributed by atoms with van der Waals surface area (Å²) < 4.78 is 44.4. The highest BCUT2D eigenvalue weighted by Crippen LogP contribution is 2.48. The molecule has 1 saturated carbocycles. The van der Waals surface area contributed by atoms with Gasteiger partial charge >= 0.3 is 12.1 Å². The van der Waals surface area contributed by atoms with E-state index in [0.717, 1.165) is 17.5 Å². The Morgan fingerprint density at radius 3 is 2.33 bits per heavy atom. The van der Waals surface area contributed by atoms with Crippen molar-refractivity contribution in [1.82, 2.24) is 5.32 Å². The van der Waals surface area contributed by atoms with Gasteiger partial charge in [-0.2, -0.15) is 13.2 Å². The van der Waals surface area contributed by atoms with E-state index in [2.05, 4.69) is 5.32 Å². The maximum Gasteiger partial charge on any atom is 0.416 e. The number of carbonyl (C=O) groups is 2. The lowest BCUT2D eigenvalue weighted by molar-refractivity contribution is -0.141. The summed E-state index contributed by atoms with van der Waals surface area (Å²) >= 11 is 0. The lowest BCUT2D eigenvalue weighted by atomic mass is 9.98. The summed E-state index contributed by atoms with van der Waals surface area (Å²) in [5, 5.41) is 13.7. The zero-order chi connectivity index (χ0) is 23.8. The van der Waals surface area contributed by atoms with Crippen LogP contribution < -0.4 is 10.1 Å². The van der Waals surface area contributed by atoms with Crippen molar-refractivity contribution in [2.45, 2.75) is 38.6 Å². The first kappa shape index (κ1) is 22.6. The highest BCUT2D eigenvalue weighted by molar-refractivity contribution is 6.05. The Morgan fingerprint density at radius 1 is 1.06 bits per heavy atom. The van der Waals surface area contributed by atoms with Crippen molar-refractivity contribution in [3.05, 3.63) is 77.4 Å². The van der Waals surface area contributed by atoms with E-state index < -0.39 is 35.1 Å². The minimum atomic E-state index is -4.43. The molecule has 3 aromatic carbocycles. The molecule has 2 N–H and O–H groups in total. The molecule has 0 saturated heterocycles. The van der Waals surface area contributed by atoms with E-state index in [1.807, 2.05) is 19.1 Å². The third-order valence-electron chi connectivity index (χ3n) is 6.05. The first-order chi connectivity index (χ1) is 15.6. The molecule has 1 unspecified atom stereocenters. The molecule has 0 heterocycles. The summed E-state index contributed by atoms with van der Waals surface area (Å²) in [5.41, 5.74) is -0.586. The Kier molecular flexibility index (Phi) is 5.78. The molecule has 0 spiro atoms. The topological polar surface area (TPSA) is 75.6 Å². The third kappa shape index (κ3) is 4.79. The second kappa shape index (κ2) is 8.42. The van der Waals surface area contributed by atoms with Crippen molar-refractivity contribution in [2.75, 3.05) is 0 Å². The zero-order valence-corrected chi connectivity index (χ0v) is 17.8. The van der Waals surface area contributed by atoms with Crippen LogP contribution in [0.15, 0.2) is 60.7 Å². The lowest BCUT2D eigenvalue weighted by Gasteiger charge is -2.22. The van der Waals surface area contributed by atoms with Gasteiger partial charge in [-0.1, -0.05) is 49.4 Å². The Balaban J connectivity index is 1.63. The van der Waals surface area contributed by atoms with Crippen molar-refractivity contribution < 1.29 is 32.6 Å². The molecule has 5 nitrogen and oxygen atoms in total. The van der Waals surface area contributed by atoms with Crippen LogP contribution in [0.3, 0.4) is 0 Å². The van der Waals surface area contributed by atoms with E-state index in [4.69, 9.17) is 4.74 Å². The van der Waals surface area contributed by atoms with E-state index >= 15 is 0 Å². The predicted molar refractivity (Wildman–Crippen MR) is 116 cm³/mol. The molecular formula is C25H22F3NO4. The summed E-state index contributed by atoms with van der Waals surface area (Å²) in [6.45, 7) is 1.75. The van der Waals surface area contributed by atoms with Crippen molar-refractivity contribution in [3.8, 4) is 5.75 Å². The zero-order valence-electron chi connectivity index (χ0n) is 17.8. The number of hydrogen-bond donors (Lipinski definition) is 2. The average molecular weight is 457 g/mol. The number of carboxylic acids is 1. The number of carboxylic acid groups (broad SMARTS) is 1. The number of alkyl halides is 3. The van der Waals surface area contributed by atoms with Gasteiger partial charge in [-0.05, 0) is 47.4 Å². The molecule has 3 aromatic rings. The molecule has 172 valence electrons. The number of carbonyl (C=O) groups excluding carboxylic acids is 1. The van der Waals surface area contributed by atoms with Crippen molar-refractivity contribution >= 4 is 22.6 Å². The first-order valence-corrected chi connectivity index (χ1v) is 10.4. The number of halogens is 3. The predicted octanol–water partition coefficient (Wildman–Crippen LogP) is 5.42. The van der Waals surface area contributed by atoms with Gasteiger partial charge < -0.3 is 15.2 Å². The number of aliphatic carboxylic acids is 1. The summed E-state index contributed by atoms with van der Waals surface area (Å²) in [5.74, 6) is -1.43. The minimum absolute atomic E-state index is 0.0630. The van der Waals surface area contributed by atoms with Gasteiger partial charge in [0.25, 0.3) is 5.91 Å². The summed E-state index contributed by atoms with van der Waals surface area (Å²) in [6.07, 6.45) is -3.02. The monoisotopic (exact) mass is 457 g/mol. The summed E-state index contributed by atoms with van der Waals surface area (Å²) in [4.78, 5) is 24.8. The van der Waals surface area contributed by atoms with E-state index in [1.165, 1.54) is 12.1 Å². The number of fused-ring (bicyclic) bond motifs is 1. The van der Waals surface area contributed by atoms with E-state index in [-0.39, 0.29) is 17.9 Å². The molecular weight excluding hydrogens is 435 g/mol.